The molecule has 0 radical (unpaired) electrons. The number of amides is 2. The normalized spacial score (nSPS) is 22.3. The summed E-state index contributed by atoms with van der Waals surface area (Å²) in [5, 5.41) is 3.13. The summed E-state index contributed by atoms with van der Waals surface area (Å²) in [6.45, 7) is 6.03. The second-order valence-corrected chi connectivity index (χ2v) is 4.81. The van der Waals surface area contributed by atoms with Gasteiger partial charge in [-0.3, -0.25) is 9.59 Å². The third-order valence-corrected chi connectivity index (χ3v) is 3.59. The van der Waals surface area contributed by atoms with Gasteiger partial charge in [0.05, 0.1) is 18.7 Å². The highest BCUT2D eigenvalue weighted by atomic mass is 16.5. The van der Waals surface area contributed by atoms with Gasteiger partial charge in [-0.25, -0.2) is 0 Å². The Morgan fingerprint density at radius 1 is 1.32 bits per heavy atom. The Labute approximate surface area is 115 Å². The van der Waals surface area contributed by atoms with Crippen LogP contribution in [0.4, 0.5) is 0 Å². The van der Waals surface area contributed by atoms with Crippen molar-refractivity contribution in [3.63, 3.8) is 0 Å². The predicted octanol–water partition coefficient (Wildman–Crippen LogP) is -0.310. The van der Waals surface area contributed by atoms with Crippen LogP contribution in [-0.2, 0) is 14.3 Å². The molecule has 0 aromatic heterocycles. The molecule has 2 amide bonds. The fourth-order valence-electron chi connectivity index (χ4n) is 2.29. The van der Waals surface area contributed by atoms with Gasteiger partial charge in [0.15, 0.2) is 0 Å². The van der Waals surface area contributed by atoms with Crippen molar-refractivity contribution in [2.45, 2.75) is 32.4 Å². The maximum atomic E-state index is 12.2. The van der Waals surface area contributed by atoms with E-state index in [2.05, 4.69) is 5.32 Å². The van der Waals surface area contributed by atoms with Crippen LogP contribution in [0.5, 0.6) is 0 Å². The van der Waals surface area contributed by atoms with Crippen LogP contribution in [0.2, 0.25) is 0 Å². The third-order valence-electron chi connectivity index (χ3n) is 3.59. The van der Waals surface area contributed by atoms with Gasteiger partial charge in [-0.1, -0.05) is 0 Å². The number of nitrogens with zero attached hydrogens (tertiary/aromatic N) is 2. The third kappa shape index (κ3) is 4.18. The lowest BCUT2D eigenvalue weighted by Gasteiger charge is -2.25. The fourth-order valence-corrected chi connectivity index (χ4v) is 2.29. The molecule has 1 heterocycles. The van der Waals surface area contributed by atoms with Crippen LogP contribution in [0.15, 0.2) is 0 Å². The lowest BCUT2D eigenvalue weighted by molar-refractivity contribution is -0.140. The molecule has 1 aliphatic heterocycles. The summed E-state index contributed by atoms with van der Waals surface area (Å²) in [6.07, 6.45) is 0.750. The predicted molar refractivity (Wildman–Crippen MR) is 72.8 cm³/mol. The van der Waals surface area contributed by atoms with Crippen LogP contribution in [-0.4, -0.2) is 74.1 Å². The number of methoxy groups -OCH3 is 1. The number of hydrogen-bond acceptors (Lipinski definition) is 4. The molecule has 1 saturated heterocycles. The van der Waals surface area contributed by atoms with E-state index >= 15 is 0 Å². The second-order valence-electron chi connectivity index (χ2n) is 4.81. The highest BCUT2D eigenvalue weighted by Crippen LogP contribution is 2.11. The molecule has 0 aliphatic carbocycles. The monoisotopic (exact) mass is 271 g/mol. The first-order chi connectivity index (χ1) is 9.03. The molecule has 1 rings (SSSR count). The Bertz CT molecular complexity index is 318. The minimum absolute atomic E-state index is 0.0119. The number of hydrogen-bond donors (Lipinski definition) is 1. The molecule has 2 unspecified atom stereocenters. The zero-order chi connectivity index (χ0) is 14.4. The second kappa shape index (κ2) is 7.45. The topological polar surface area (TPSA) is 61.9 Å². The smallest absolute Gasteiger partial charge is 0.242 e. The molecule has 0 saturated carbocycles. The van der Waals surface area contributed by atoms with Crippen molar-refractivity contribution in [3.8, 4) is 0 Å². The zero-order valence-corrected chi connectivity index (χ0v) is 12.3. The van der Waals surface area contributed by atoms with Gasteiger partial charge in [-0.15, -0.1) is 0 Å². The van der Waals surface area contributed by atoms with Crippen molar-refractivity contribution in [1.29, 1.82) is 0 Å². The average Bonchev–Trinajstić information content (AvgIpc) is 2.87. The van der Waals surface area contributed by atoms with E-state index < -0.39 is 0 Å². The first-order valence-corrected chi connectivity index (χ1v) is 6.82. The molecule has 1 fully saturated rings. The van der Waals surface area contributed by atoms with E-state index in [0.29, 0.717) is 26.1 Å². The number of rotatable bonds is 6. The van der Waals surface area contributed by atoms with E-state index in [-0.39, 0.29) is 30.5 Å². The summed E-state index contributed by atoms with van der Waals surface area (Å²) in [6, 6.07) is -0.237. The molecule has 110 valence electrons. The number of ether oxygens (including phenoxy) is 1. The van der Waals surface area contributed by atoms with Gasteiger partial charge in [0, 0.05) is 33.8 Å². The summed E-state index contributed by atoms with van der Waals surface area (Å²) >= 11 is 0. The largest absolute Gasteiger partial charge is 0.380 e. The zero-order valence-electron chi connectivity index (χ0n) is 12.3. The average molecular weight is 271 g/mol. The van der Waals surface area contributed by atoms with Gasteiger partial charge >= 0.3 is 0 Å². The lowest BCUT2D eigenvalue weighted by atomic mass is 10.2. The molecule has 0 aromatic carbocycles. The molecule has 19 heavy (non-hydrogen) atoms. The lowest BCUT2D eigenvalue weighted by Crippen LogP contribution is -2.46. The van der Waals surface area contributed by atoms with E-state index in [0.717, 1.165) is 0 Å². The van der Waals surface area contributed by atoms with Crippen LogP contribution in [0.1, 0.15) is 20.3 Å². The van der Waals surface area contributed by atoms with Gasteiger partial charge in [0.25, 0.3) is 0 Å². The van der Waals surface area contributed by atoms with Crippen LogP contribution >= 0.6 is 0 Å². The highest BCUT2D eigenvalue weighted by molar-refractivity contribution is 5.87. The van der Waals surface area contributed by atoms with Crippen LogP contribution in [0, 0.1) is 0 Å². The van der Waals surface area contributed by atoms with Crippen molar-refractivity contribution in [3.05, 3.63) is 0 Å². The molecule has 2 atom stereocenters. The first kappa shape index (κ1) is 15.9. The molecule has 0 bridgehead atoms. The quantitative estimate of drug-likeness (QED) is 0.720. The van der Waals surface area contributed by atoms with Gasteiger partial charge in [0.2, 0.25) is 11.8 Å². The maximum Gasteiger partial charge on any atom is 0.242 e. The first-order valence-electron chi connectivity index (χ1n) is 6.82. The standard InChI is InChI=1S/C13H25N3O3/c1-5-16(6-2)12(17)9-15(3)13(18)11-7-10(19-4)8-14-11/h10-11,14H,5-9H2,1-4H3. The van der Waals surface area contributed by atoms with E-state index in [1.54, 1.807) is 19.1 Å². The minimum atomic E-state index is -0.237. The SMILES string of the molecule is CCN(CC)C(=O)CN(C)C(=O)C1CC(OC)CN1. The highest BCUT2D eigenvalue weighted by Gasteiger charge is 2.31. The molecule has 1 N–H and O–H groups in total. The molecular weight excluding hydrogens is 246 g/mol. The minimum Gasteiger partial charge on any atom is -0.380 e. The van der Waals surface area contributed by atoms with Crippen molar-refractivity contribution >= 4 is 11.8 Å². The van der Waals surface area contributed by atoms with Gasteiger partial charge < -0.3 is 19.9 Å². The Hall–Kier alpha value is -1.14. The number of carbonyl (C=O) groups excluding carboxylic acids is 2. The molecule has 6 heteroatoms. The maximum absolute atomic E-state index is 12.2. The Kier molecular flexibility index (Phi) is 6.24. The van der Waals surface area contributed by atoms with E-state index in [9.17, 15) is 9.59 Å². The molecule has 1 aliphatic rings. The van der Waals surface area contributed by atoms with Crippen LogP contribution in [0.25, 0.3) is 0 Å². The number of nitrogens with one attached hydrogen (secondary N) is 1. The Morgan fingerprint density at radius 2 is 1.95 bits per heavy atom. The van der Waals surface area contributed by atoms with Gasteiger partial charge in [-0.05, 0) is 20.3 Å². The summed E-state index contributed by atoms with van der Waals surface area (Å²) in [5.74, 6) is -0.0535. The van der Waals surface area contributed by atoms with Crippen molar-refractivity contribution in [1.82, 2.24) is 15.1 Å². The number of carbonyl (C=O) groups is 2. The fraction of sp³-hybridized carbons (Fsp3) is 0.846. The molecule has 0 aromatic rings. The molecule has 6 nitrogen and oxygen atoms in total. The number of likely N-dealkylation sites (N-methyl/N-ethyl adjacent to an activating group) is 2. The molecule has 0 spiro atoms. The summed E-state index contributed by atoms with van der Waals surface area (Å²) in [5.41, 5.74) is 0. The summed E-state index contributed by atoms with van der Waals surface area (Å²) in [7, 11) is 3.32. The molecular formula is C13H25N3O3. The van der Waals surface area contributed by atoms with Crippen LogP contribution in [0.3, 0.4) is 0 Å². The van der Waals surface area contributed by atoms with E-state index in [1.807, 2.05) is 13.8 Å². The Morgan fingerprint density at radius 3 is 2.42 bits per heavy atom. The van der Waals surface area contributed by atoms with E-state index in [1.165, 1.54) is 4.90 Å². The van der Waals surface area contributed by atoms with Crippen LogP contribution < -0.4 is 5.32 Å². The Balaban J connectivity index is 2.47. The van der Waals surface area contributed by atoms with Crippen molar-refractivity contribution < 1.29 is 14.3 Å². The van der Waals surface area contributed by atoms with E-state index in [4.69, 9.17) is 4.74 Å². The summed E-state index contributed by atoms with van der Waals surface area (Å²) in [4.78, 5) is 27.3. The van der Waals surface area contributed by atoms with Crippen molar-refractivity contribution in [2.24, 2.45) is 0 Å². The van der Waals surface area contributed by atoms with Gasteiger partial charge in [-0.2, -0.15) is 0 Å². The van der Waals surface area contributed by atoms with Crippen molar-refractivity contribution in [2.75, 3.05) is 40.3 Å². The van der Waals surface area contributed by atoms with Gasteiger partial charge in [0.1, 0.15) is 0 Å². The summed E-state index contributed by atoms with van der Waals surface area (Å²) < 4.78 is 5.22.